The van der Waals surface area contributed by atoms with Crippen LogP contribution >= 0.6 is 0 Å². The van der Waals surface area contributed by atoms with Gasteiger partial charge in [-0.1, -0.05) is 12.0 Å². The third-order valence-electron chi connectivity index (χ3n) is 5.00. The van der Waals surface area contributed by atoms with Crippen molar-refractivity contribution in [2.24, 2.45) is 0 Å². The molecule has 0 fully saturated rings. The van der Waals surface area contributed by atoms with Crippen LogP contribution in [0, 0.1) is 12.3 Å². The minimum Gasteiger partial charge on any atom is -0.337 e. The predicted octanol–water partition coefficient (Wildman–Crippen LogP) is 1.39. The molecule has 0 N–H and O–H groups in total. The molecule has 144 valence electrons. The molecule has 0 saturated carbocycles. The van der Waals surface area contributed by atoms with Crippen LogP contribution < -0.4 is 4.90 Å². The van der Waals surface area contributed by atoms with Crippen LogP contribution in [0.1, 0.15) is 23.5 Å². The Labute approximate surface area is 170 Å². The van der Waals surface area contributed by atoms with Crippen LogP contribution in [-0.2, 0) is 17.2 Å². The second kappa shape index (κ2) is 7.22. The molecule has 29 heavy (non-hydrogen) atoms. The Hall–Kier alpha value is -3.38. The van der Waals surface area contributed by atoms with E-state index in [1.165, 1.54) is 0 Å². The Morgan fingerprint density at radius 3 is 2.72 bits per heavy atom. The molecular weight excluding hydrogens is 386 g/mol. The smallest absolute Gasteiger partial charge is 0.227 e. The summed E-state index contributed by atoms with van der Waals surface area (Å²) in [7, 11) is -1.08. The molecule has 1 unspecified atom stereocenters. The molecule has 0 aromatic carbocycles. The largest absolute Gasteiger partial charge is 0.337 e. The first-order valence-electron chi connectivity index (χ1n) is 9.23. The molecule has 5 heterocycles. The summed E-state index contributed by atoms with van der Waals surface area (Å²) in [5.74, 6) is 5.12. The number of hydrogen-bond acceptors (Lipinski definition) is 7. The van der Waals surface area contributed by atoms with Gasteiger partial charge in [-0.25, -0.2) is 19.9 Å². The number of hydrogen-bond donors (Lipinski definition) is 0. The zero-order valence-electron chi connectivity index (χ0n) is 15.5. The number of aryl methyl sites for hydroxylation is 1. The van der Waals surface area contributed by atoms with Gasteiger partial charge in [0.2, 0.25) is 5.95 Å². The van der Waals surface area contributed by atoms with Gasteiger partial charge >= 0.3 is 0 Å². The molecule has 8 nitrogen and oxygen atoms in total. The van der Waals surface area contributed by atoms with Gasteiger partial charge in [0.05, 0.1) is 22.1 Å². The maximum Gasteiger partial charge on any atom is 0.227 e. The SMILES string of the molecule is C#Cc1cnc(C2=CCN(c3nc4c(c(-n5ccnc5)n3)S(=O)CC4)CC2)nc1. The van der Waals surface area contributed by atoms with Gasteiger partial charge in [0, 0.05) is 50.1 Å². The minimum absolute atomic E-state index is 0.588. The summed E-state index contributed by atoms with van der Waals surface area (Å²) < 4.78 is 14.3. The van der Waals surface area contributed by atoms with Crippen LogP contribution in [0.15, 0.2) is 42.1 Å². The molecule has 2 aliphatic rings. The lowest BCUT2D eigenvalue weighted by Gasteiger charge is -2.26. The predicted molar refractivity (Wildman–Crippen MR) is 109 cm³/mol. The molecule has 0 aliphatic carbocycles. The van der Waals surface area contributed by atoms with Gasteiger partial charge in [0.1, 0.15) is 11.2 Å². The van der Waals surface area contributed by atoms with E-state index in [1.807, 2.05) is 6.20 Å². The lowest BCUT2D eigenvalue weighted by molar-refractivity contribution is 0.684. The summed E-state index contributed by atoms with van der Waals surface area (Å²) in [5, 5.41) is 0. The number of rotatable bonds is 3. The molecule has 5 rings (SSSR count). The highest BCUT2D eigenvalue weighted by molar-refractivity contribution is 7.85. The number of aromatic nitrogens is 6. The summed E-state index contributed by atoms with van der Waals surface area (Å²) in [6.07, 6.45) is 17.4. The second-order valence-corrected chi connectivity index (χ2v) is 8.27. The fraction of sp³-hybridized carbons (Fsp3) is 0.250. The van der Waals surface area contributed by atoms with E-state index in [1.54, 1.807) is 29.5 Å². The zero-order chi connectivity index (χ0) is 19.8. The van der Waals surface area contributed by atoms with E-state index in [-0.39, 0.29) is 0 Å². The highest BCUT2D eigenvalue weighted by Gasteiger charge is 2.28. The Bertz CT molecular complexity index is 1160. The summed E-state index contributed by atoms with van der Waals surface area (Å²) in [6, 6.07) is 0. The van der Waals surface area contributed by atoms with Crippen molar-refractivity contribution in [2.75, 3.05) is 23.7 Å². The van der Waals surface area contributed by atoms with Gasteiger partial charge in [-0.3, -0.25) is 8.78 Å². The lowest BCUT2D eigenvalue weighted by atomic mass is 10.1. The standard InChI is InChI=1S/C20H17N7OS/c1-2-14-11-22-18(23-12-14)15-3-7-26(8-4-15)20-24-16-5-10-29(28)17(16)19(25-20)27-9-6-21-13-27/h1,3,6,9,11-13H,4-5,7-8,10H2. The van der Waals surface area contributed by atoms with E-state index >= 15 is 0 Å². The Morgan fingerprint density at radius 2 is 2.03 bits per heavy atom. The number of fused-ring (bicyclic) bond motifs is 1. The van der Waals surface area contributed by atoms with Gasteiger partial charge in [0.15, 0.2) is 11.6 Å². The van der Waals surface area contributed by atoms with Crippen molar-refractivity contribution in [3.8, 4) is 18.2 Å². The Balaban J connectivity index is 1.45. The van der Waals surface area contributed by atoms with Crippen LogP contribution in [0.4, 0.5) is 5.95 Å². The van der Waals surface area contributed by atoms with E-state index in [2.05, 4.69) is 31.8 Å². The topological polar surface area (TPSA) is 89.7 Å². The van der Waals surface area contributed by atoms with Crippen molar-refractivity contribution >= 4 is 22.3 Å². The zero-order valence-corrected chi connectivity index (χ0v) is 16.3. The fourth-order valence-corrected chi connectivity index (χ4v) is 4.84. The first-order valence-corrected chi connectivity index (χ1v) is 10.6. The van der Waals surface area contributed by atoms with Crippen LogP contribution in [0.3, 0.4) is 0 Å². The third-order valence-corrected chi connectivity index (χ3v) is 6.45. The fourth-order valence-electron chi connectivity index (χ4n) is 3.49. The average Bonchev–Trinajstić information content (AvgIpc) is 3.44. The molecule has 2 aliphatic heterocycles. The average molecular weight is 403 g/mol. The number of terminal acetylenes is 1. The van der Waals surface area contributed by atoms with Crippen molar-refractivity contribution in [1.82, 2.24) is 29.5 Å². The first-order chi connectivity index (χ1) is 14.2. The van der Waals surface area contributed by atoms with Crippen molar-refractivity contribution in [2.45, 2.75) is 17.7 Å². The van der Waals surface area contributed by atoms with E-state index in [0.717, 1.165) is 29.1 Å². The summed E-state index contributed by atoms with van der Waals surface area (Å²) in [4.78, 5) is 25.1. The van der Waals surface area contributed by atoms with Gasteiger partial charge in [-0.05, 0) is 12.0 Å². The van der Waals surface area contributed by atoms with Gasteiger partial charge in [-0.2, -0.15) is 4.98 Å². The summed E-state index contributed by atoms with van der Waals surface area (Å²) in [5.41, 5.74) is 2.62. The second-order valence-electron chi connectivity index (χ2n) is 6.76. The molecule has 9 heteroatoms. The van der Waals surface area contributed by atoms with E-state index in [0.29, 0.717) is 41.9 Å². The maximum atomic E-state index is 12.5. The van der Waals surface area contributed by atoms with Gasteiger partial charge in [-0.15, -0.1) is 6.42 Å². The minimum atomic E-state index is -1.08. The third kappa shape index (κ3) is 3.21. The highest BCUT2D eigenvalue weighted by atomic mass is 32.2. The van der Waals surface area contributed by atoms with Crippen molar-refractivity contribution in [3.63, 3.8) is 0 Å². The van der Waals surface area contributed by atoms with Crippen molar-refractivity contribution in [3.05, 3.63) is 54.3 Å². The molecule has 0 radical (unpaired) electrons. The summed E-state index contributed by atoms with van der Waals surface area (Å²) in [6.45, 7) is 1.40. The van der Waals surface area contributed by atoms with E-state index in [4.69, 9.17) is 16.4 Å². The molecule has 0 bridgehead atoms. The highest BCUT2D eigenvalue weighted by Crippen LogP contribution is 2.30. The first kappa shape index (κ1) is 17.7. The molecule has 3 aromatic rings. The van der Waals surface area contributed by atoms with E-state index in [9.17, 15) is 4.21 Å². The van der Waals surface area contributed by atoms with E-state index < -0.39 is 10.8 Å². The van der Waals surface area contributed by atoms with Crippen LogP contribution in [0.5, 0.6) is 0 Å². The number of nitrogens with zero attached hydrogens (tertiary/aromatic N) is 7. The van der Waals surface area contributed by atoms with Crippen LogP contribution in [0.25, 0.3) is 11.4 Å². The van der Waals surface area contributed by atoms with Crippen molar-refractivity contribution in [1.29, 1.82) is 0 Å². The number of imidazole rings is 1. The van der Waals surface area contributed by atoms with Crippen LogP contribution in [-0.4, -0.2) is 52.5 Å². The molecule has 1 atom stereocenters. The van der Waals surface area contributed by atoms with Gasteiger partial charge in [0.25, 0.3) is 0 Å². The van der Waals surface area contributed by atoms with Gasteiger partial charge < -0.3 is 4.90 Å². The lowest BCUT2D eigenvalue weighted by Crippen LogP contribution is -2.31. The number of anilines is 1. The quantitative estimate of drug-likeness (QED) is 0.611. The molecule has 0 spiro atoms. The molecule has 0 amide bonds. The molecular formula is C20H17N7OS. The summed E-state index contributed by atoms with van der Waals surface area (Å²) >= 11 is 0. The van der Waals surface area contributed by atoms with Crippen LogP contribution in [0.2, 0.25) is 0 Å². The van der Waals surface area contributed by atoms with Crippen molar-refractivity contribution < 1.29 is 4.21 Å². The maximum absolute atomic E-state index is 12.5. The molecule has 0 saturated heterocycles. The Kier molecular flexibility index (Phi) is 4.41. The monoisotopic (exact) mass is 403 g/mol. The Morgan fingerprint density at radius 1 is 1.17 bits per heavy atom. The molecule has 3 aromatic heterocycles. The normalized spacial score (nSPS) is 18.2.